The molecule has 12 heterocycles. The molecule has 0 aliphatic carbocycles. The maximum atomic E-state index is 15.5. The average molecular weight is 1690 g/mol. The van der Waals surface area contributed by atoms with Gasteiger partial charge in [-0.15, -0.1) is 90.7 Å². The lowest BCUT2D eigenvalue weighted by Gasteiger charge is -2.24. The number of esters is 4. The Kier molecular flexibility index (Phi) is 29.0. The molecule has 24 heteroatoms. The van der Waals surface area contributed by atoms with E-state index in [0.717, 1.165) is 88.3 Å². The van der Waals surface area contributed by atoms with Crippen molar-refractivity contribution in [3.63, 3.8) is 0 Å². The lowest BCUT2D eigenvalue weighted by Crippen LogP contribution is -2.30. The minimum Gasteiger partial charge on any atom is -0.469 e. The van der Waals surface area contributed by atoms with E-state index in [1.165, 1.54) is 117 Å². The molecule has 602 valence electrons. The minimum atomic E-state index is -0.276. The van der Waals surface area contributed by atoms with Crippen molar-refractivity contribution in [3.05, 3.63) is 147 Å². The van der Waals surface area contributed by atoms with Gasteiger partial charge in [-0.3, -0.25) is 38.4 Å². The van der Waals surface area contributed by atoms with Gasteiger partial charge in [-0.1, -0.05) is 117 Å². The monoisotopic (exact) mass is 1690 g/mol. The molecule has 4 amide bonds. The lowest BCUT2D eigenvalue weighted by molar-refractivity contribution is -0.141. The Morgan fingerprint density at radius 1 is 0.342 bits per heavy atom. The van der Waals surface area contributed by atoms with Crippen molar-refractivity contribution >= 4 is 181 Å². The molecule has 0 fully saturated rings. The van der Waals surface area contributed by atoms with Gasteiger partial charge in [0.15, 0.2) is 0 Å². The Balaban J connectivity index is 0.959. The van der Waals surface area contributed by atoms with Crippen molar-refractivity contribution < 1.29 is 57.3 Å². The summed E-state index contributed by atoms with van der Waals surface area (Å²) in [5.41, 5.74) is 6.49. The molecule has 2 atom stereocenters. The smallest absolute Gasteiger partial charge is 0.305 e. The molecule has 0 N–H and O–H groups in total. The van der Waals surface area contributed by atoms with Gasteiger partial charge >= 0.3 is 23.9 Å². The first kappa shape index (κ1) is 84.0. The topological polar surface area (TPSA) is 186 Å². The number of hydrogen-bond donors (Lipinski definition) is 0. The van der Waals surface area contributed by atoms with Gasteiger partial charge in [0, 0.05) is 122 Å². The number of fused-ring (bicyclic) bond motifs is 4. The molecule has 0 bridgehead atoms. The number of carbonyl (C=O) groups is 8. The Bertz CT molecular complexity index is 4760. The Labute approximate surface area is 701 Å². The fourth-order valence-electron chi connectivity index (χ4n) is 16.2. The first-order chi connectivity index (χ1) is 55.5. The molecular weight excluding hydrogens is 1590 g/mol. The van der Waals surface area contributed by atoms with Crippen molar-refractivity contribution in [2.75, 3.05) is 54.6 Å². The molecule has 4 aliphatic heterocycles. The molecule has 2 unspecified atom stereocenters. The van der Waals surface area contributed by atoms with Gasteiger partial charge in [0.25, 0.3) is 23.6 Å². The van der Waals surface area contributed by atoms with Crippen LogP contribution in [0.15, 0.2) is 118 Å². The van der Waals surface area contributed by atoms with Crippen LogP contribution in [0, 0.1) is 11.8 Å². The number of methoxy groups -OCH3 is 4. The van der Waals surface area contributed by atoms with Crippen molar-refractivity contribution in [1.82, 2.24) is 19.6 Å². The number of thiophene rings is 8. The van der Waals surface area contributed by atoms with E-state index in [0.29, 0.717) is 160 Å². The summed E-state index contributed by atoms with van der Waals surface area (Å²) in [6.07, 6.45) is 20.0. The van der Waals surface area contributed by atoms with E-state index in [1.54, 1.807) is 55.1 Å². The highest BCUT2D eigenvalue weighted by Gasteiger charge is 2.51. The summed E-state index contributed by atoms with van der Waals surface area (Å²) in [6, 6.07) is 30.5. The van der Waals surface area contributed by atoms with Crippen LogP contribution in [0.25, 0.3) is 83.4 Å². The van der Waals surface area contributed by atoms with Gasteiger partial charge in [-0.25, -0.2) is 0 Å². The molecule has 0 saturated carbocycles. The zero-order chi connectivity index (χ0) is 80.1. The van der Waals surface area contributed by atoms with E-state index in [-0.39, 0.29) is 73.2 Å². The molecule has 9 aromatic rings. The molecule has 0 radical (unpaired) electrons. The van der Waals surface area contributed by atoms with Gasteiger partial charge in [0.05, 0.1) is 93.0 Å². The van der Waals surface area contributed by atoms with Crippen LogP contribution in [0.4, 0.5) is 0 Å². The summed E-state index contributed by atoms with van der Waals surface area (Å²) in [5.74, 6) is -0.817. The minimum absolute atomic E-state index is 0.212. The standard InChI is InChI=1S/C90H102N4O12S8/c1-9-13-29-55(11-3)51-57-37-39-63(109-57)75-59-53-69(61-41-43-67(111-61)83-79-77(87(99)93(83)47-25-17-21-35-73(97)105-7)81(65-31-27-49-107-65)91(89(79)101)45-23-15-19-33-71(95)103-5)114-86(59)76(64-40-38-58(110-64)52-56(12-4)30-14-10-2)60-54-70(113-85(60)75)62-42-44-68(112-62)84-80-78(88(100)94(84)48-26-18-22-36-74(98)106-8)82(66-32-28-50-108-66)92(90(80)102)46-24-16-20-34-72(96)104-6/h27-28,31-32,37-44,49-50,53-56H,9-26,29-30,33-36,45-48,51-52H2,1-8H3. The Morgan fingerprint density at radius 2 is 0.658 bits per heavy atom. The first-order valence-electron chi connectivity index (χ1n) is 40.6. The van der Waals surface area contributed by atoms with Crippen LogP contribution in [0.3, 0.4) is 0 Å². The largest absolute Gasteiger partial charge is 0.469 e. The third-order valence-corrected chi connectivity index (χ3v) is 31.2. The number of carbonyl (C=O) groups excluding carboxylic acids is 8. The average Bonchev–Trinajstić information content (AvgIpc) is 1.56. The van der Waals surface area contributed by atoms with Crippen LogP contribution in [0.5, 0.6) is 0 Å². The van der Waals surface area contributed by atoms with E-state index < -0.39 is 0 Å². The van der Waals surface area contributed by atoms with Gasteiger partial charge in [-0.2, -0.15) is 0 Å². The van der Waals surface area contributed by atoms with Gasteiger partial charge in [0.2, 0.25) is 0 Å². The van der Waals surface area contributed by atoms with Gasteiger partial charge < -0.3 is 38.5 Å². The highest BCUT2D eigenvalue weighted by atomic mass is 32.1. The highest BCUT2D eigenvalue weighted by molar-refractivity contribution is 7.29. The predicted molar refractivity (Wildman–Crippen MR) is 470 cm³/mol. The third-order valence-electron chi connectivity index (χ3n) is 22.3. The number of benzene rings is 1. The number of amides is 4. The van der Waals surface area contributed by atoms with Crippen molar-refractivity contribution in [3.8, 4) is 40.4 Å². The third kappa shape index (κ3) is 18.3. The fraction of sp³-hybridized carbons (Fsp3) is 0.444. The molecule has 4 aliphatic rings. The second kappa shape index (κ2) is 39.3. The van der Waals surface area contributed by atoms with E-state index in [4.69, 9.17) is 18.9 Å². The van der Waals surface area contributed by atoms with Crippen LogP contribution in [0.1, 0.15) is 211 Å². The molecule has 114 heavy (non-hydrogen) atoms. The van der Waals surface area contributed by atoms with Crippen LogP contribution < -0.4 is 0 Å². The summed E-state index contributed by atoms with van der Waals surface area (Å²) < 4.78 is 22.2. The van der Waals surface area contributed by atoms with Crippen LogP contribution in [0.2, 0.25) is 0 Å². The maximum Gasteiger partial charge on any atom is 0.305 e. The molecule has 16 nitrogen and oxygen atoms in total. The molecule has 0 saturated heterocycles. The van der Waals surface area contributed by atoms with Gasteiger partial charge in [0.1, 0.15) is 0 Å². The van der Waals surface area contributed by atoms with Crippen LogP contribution in [-0.4, -0.2) is 122 Å². The van der Waals surface area contributed by atoms with Gasteiger partial charge in [-0.05, 0) is 160 Å². The molecular formula is C90H102N4O12S8. The molecule has 13 rings (SSSR count). The quantitative estimate of drug-likeness (QED) is 0.0200. The fourth-order valence-corrected chi connectivity index (χ4v) is 25.0. The molecule has 8 aromatic heterocycles. The lowest BCUT2D eigenvalue weighted by atomic mass is 9.95. The Hall–Kier alpha value is -7.94. The summed E-state index contributed by atoms with van der Waals surface area (Å²) in [7, 11) is 5.58. The molecule has 0 spiro atoms. The zero-order valence-corrected chi connectivity index (χ0v) is 73.1. The maximum absolute atomic E-state index is 15.5. The number of ether oxygens (including phenoxy) is 4. The van der Waals surface area contributed by atoms with Crippen LogP contribution in [-0.2, 0) is 70.1 Å². The van der Waals surface area contributed by atoms with Crippen LogP contribution >= 0.6 is 90.7 Å². The SMILES string of the molecule is CCCCC(CC)Cc1ccc(-c2c3cc(-c4ccc(C5=C6C(=O)N(CCCCCC(=O)OC)C(c7cccs7)=C6C(=O)N5CCCCCC(=O)OC)s4)sc3c(-c3ccc(CC(CC)CCCC)s3)c3cc(-c4ccc(C5=C6C(=O)N(CCCCCC(=O)OC)C(c7cccs7)=C6C(=O)N5CCCCCC(=O)OC)s4)sc23)s1. The number of hydrogen-bond acceptors (Lipinski definition) is 20. The van der Waals surface area contributed by atoms with E-state index >= 15 is 19.2 Å². The van der Waals surface area contributed by atoms with E-state index in [1.807, 2.05) is 67.5 Å². The Morgan fingerprint density at radius 3 is 0.956 bits per heavy atom. The first-order valence-corrected chi connectivity index (χ1v) is 47.2. The summed E-state index contributed by atoms with van der Waals surface area (Å²) in [6.45, 7) is 10.6. The number of nitrogens with zero attached hydrogens (tertiary/aromatic N) is 4. The van der Waals surface area contributed by atoms with Crippen molar-refractivity contribution in [1.29, 1.82) is 0 Å². The zero-order valence-electron chi connectivity index (χ0n) is 66.6. The molecule has 1 aromatic carbocycles. The predicted octanol–water partition coefficient (Wildman–Crippen LogP) is 23.2. The summed E-state index contributed by atoms with van der Waals surface area (Å²) in [4.78, 5) is 131. The highest BCUT2D eigenvalue weighted by Crippen LogP contribution is 2.58. The normalized spacial score (nSPS) is 14.9. The van der Waals surface area contributed by atoms with Crippen molar-refractivity contribution in [2.45, 2.75) is 195 Å². The van der Waals surface area contributed by atoms with E-state index in [9.17, 15) is 19.2 Å². The second-order valence-electron chi connectivity index (χ2n) is 29.8. The second-order valence-corrected chi connectivity index (χ2v) is 38.3. The van der Waals surface area contributed by atoms with E-state index in [2.05, 4.69) is 88.4 Å². The summed E-state index contributed by atoms with van der Waals surface area (Å²) >= 11 is 13.6. The number of rotatable bonds is 44. The number of unbranched alkanes of at least 4 members (excludes halogenated alkanes) is 10. The summed E-state index contributed by atoms with van der Waals surface area (Å²) in [5, 5.41) is 6.25. The van der Waals surface area contributed by atoms with Crippen molar-refractivity contribution in [2.24, 2.45) is 11.8 Å².